The molecule has 0 fully saturated rings. The first-order valence-electron chi connectivity index (χ1n) is 19.6. The first-order chi connectivity index (χ1) is 25.7. The molecule has 0 saturated heterocycles. The fourth-order valence-electron chi connectivity index (χ4n) is 8.45. The largest absolute Gasteiger partial charge is 0.0669 e. The van der Waals surface area contributed by atoms with Crippen molar-refractivity contribution in [2.75, 3.05) is 0 Å². The summed E-state index contributed by atoms with van der Waals surface area (Å²) in [6, 6.07) is 64.1. The molecule has 7 rings (SSSR count). The summed E-state index contributed by atoms with van der Waals surface area (Å²) in [5, 5.41) is 0. The van der Waals surface area contributed by atoms with Gasteiger partial charge >= 0.3 is 0 Å². The number of benzene rings is 6. The summed E-state index contributed by atoms with van der Waals surface area (Å²) in [5.74, 6) is 0.0175. The number of rotatable bonds is 14. The first kappa shape index (κ1) is 35.2. The number of hydrogen-bond acceptors (Lipinski definition) is 0. The second-order valence-corrected chi connectivity index (χ2v) is 14.4. The van der Waals surface area contributed by atoms with Crippen LogP contribution in [0.1, 0.15) is 103 Å². The van der Waals surface area contributed by atoms with Gasteiger partial charge in [-0.3, -0.25) is 0 Å². The molecule has 260 valence electrons. The van der Waals surface area contributed by atoms with Crippen molar-refractivity contribution in [1.82, 2.24) is 0 Å². The van der Waals surface area contributed by atoms with Gasteiger partial charge in [0.05, 0.1) is 5.41 Å². The maximum atomic E-state index is 2.61. The summed E-state index contributed by atoms with van der Waals surface area (Å²) in [6.07, 6.45) is 12.3. The summed E-state index contributed by atoms with van der Waals surface area (Å²) < 4.78 is 0. The second-order valence-electron chi connectivity index (χ2n) is 14.4. The highest BCUT2D eigenvalue weighted by atomic mass is 14.5. The molecule has 6 aromatic rings. The van der Waals surface area contributed by atoms with Crippen molar-refractivity contribution >= 4 is 16.7 Å². The van der Waals surface area contributed by atoms with Crippen LogP contribution in [0, 0.1) is 0 Å². The van der Waals surface area contributed by atoms with Gasteiger partial charge in [-0.15, -0.1) is 0 Å². The number of allylic oxidation sites excluding steroid dienone is 4. The Morgan fingerprint density at radius 1 is 0.423 bits per heavy atom. The average molecular weight is 677 g/mol. The van der Waals surface area contributed by atoms with Gasteiger partial charge in [-0.2, -0.15) is 0 Å². The van der Waals surface area contributed by atoms with Gasteiger partial charge in [0.1, 0.15) is 0 Å². The van der Waals surface area contributed by atoms with Gasteiger partial charge in [0.2, 0.25) is 0 Å². The molecular weight excluding hydrogens is 625 g/mol. The molecule has 0 saturated carbocycles. The molecule has 0 N–H and O–H groups in total. The Balaban J connectivity index is 1.57. The fourth-order valence-corrected chi connectivity index (χ4v) is 8.45. The topological polar surface area (TPSA) is 0 Å². The van der Waals surface area contributed by atoms with E-state index in [1.807, 2.05) is 0 Å². The van der Waals surface area contributed by atoms with E-state index >= 15 is 0 Å². The monoisotopic (exact) mass is 676 g/mol. The van der Waals surface area contributed by atoms with E-state index in [9.17, 15) is 0 Å². The van der Waals surface area contributed by atoms with Crippen molar-refractivity contribution in [3.8, 4) is 0 Å². The highest BCUT2D eigenvalue weighted by Crippen LogP contribution is 2.61. The molecule has 6 aromatic carbocycles. The van der Waals surface area contributed by atoms with Crippen LogP contribution >= 0.6 is 0 Å². The minimum atomic E-state index is -0.527. The van der Waals surface area contributed by atoms with Crippen molar-refractivity contribution in [3.63, 3.8) is 0 Å². The van der Waals surface area contributed by atoms with Crippen LogP contribution in [0.5, 0.6) is 0 Å². The van der Waals surface area contributed by atoms with Gasteiger partial charge < -0.3 is 0 Å². The predicted molar refractivity (Wildman–Crippen MR) is 223 cm³/mol. The summed E-state index contributed by atoms with van der Waals surface area (Å²) >= 11 is 0. The molecule has 0 aromatic heterocycles. The minimum absolute atomic E-state index is 0.0175. The van der Waals surface area contributed by atoms with Gasteiger partial charge in [0.25, 0.3) is 0 Å². The molecule has 0 bridgehead atoms. The lowest BCUT2D eigenvalue weighted by atomic mass is 9.53. The zero-order valence-corrected chi connectivity index (χ0v) is 31.0. The zero-order chi connectivity index (χ0) is 35.6. The predicted octanol–water partition coefficient (Wildman–Crippen LogP) is 13.9. The molecule has 2 unspecified atom stereocenters. The minimum Gasteiger partial charge on any atom is -0.0669 e. The fraction of sp³-hybridized carbons (Fsp3) is 0.231. The van der Waals surface area contributed by atoms with E-state index in [1.165, 1.54) is 99.8 Å². The Bertz CT molecular complexity index is 2050. The van der Waals surface area contributed by atoms with Crippen LogP contribution < -0.4 is 0 Å². The van der Waals surface area contributed by atoms with Gasteiger partial charge in [-0.05, 0) is 86.9 Å². The Morgan fingerprint density at radius 2 is 0.885 bits per heavy atom. The molecule has 0 aliphatic heterocycles. The third kappa shape index (κ3) is 7.26. The van der Waals surface area contributed by atoms with Crippen LogP contribution in [0.3, 0.4) is 0 Å². The van der Waals surface area contributed by atoms with Crippen LogP contribution in [0.4, 0.5) is 0 Å². The van der Waals surface area contributed by atoms with Crippen LogP contribution in [-0.4, -0.2) is 0 Å². The Kier molecular flexibility index (Phi) is 11.4. The van der Waals surface area contributed by atoms with E-state index in [1.54, 1.807) is 0 Å². The Labute approximate surface area is 312 Å². The highest BCUT2D eigenvalue weighted by molar-refractivity contribution is 6.19. The highest BCUT2D eigenvalue weighted by Gasteiger charge is 2.49. The maximum Gasteiger partial charge on any atom is 0.0566 e. The van der Waals surface area contributed by atoms with E-state index in [4.69, 9.17) is 0 Å². The summed E-state index contributed by atoms with van der Waals surface area (Å²) in [5.41, 5.74) is 13.9. The molecule has 0 nitrogen and oxygen atoms in total. The lowest BCUT2D eigenvalue weighted by Gasteiger charge is -2.48. The summed E-state index contributed by atoms with van der Waals surface area (Å²) in [4.78, 5) is 0. The standard InChI is InChI=1S/C52H52/c1-3-5-11-21-40-31-35-42(36-32-40)48-39-49(43-23-13-7-14-24-43)52(46-29-19-10-20-30-46,47-37-33-41(34-38-47)22-12-6-4-2)51(45-27-17-9-18-28-45)50(48)44-25-15-8-16-26-44/h7-10,13-20,23-39,49H,3-6,11-12,21-22H2,1-2H3. The van der Waals surface area contributed by atoms with Gasteiger partial charge in [0.15, 0.2) is 0 Å². The second kappa shape index (κ2) is 16.9. The van der Waals surface area contributed by atoms with E-state index < -0.39 is 5.41 Å². The molecule has 2 atom stereocenters. The molecular formula is C52H52. The number of hydrogen-bond donors (Lipinski definition) is 0. The SMILES string of the molecule is CCCCCc1ccc(C2=CC(c3ccccc3)C(c3ccccc3)(c3ccc(CCCCC)cc3)C(c3ccccc3)=C2c2ccccc2)cc1. The van der Waals surface area contributed by atoms with Crippen molar-refractivity contribution < 1.29 is 0 Å². The van der Waals surface area contributed by atoms with Crippen molar-refractivity contribution in [1.29, 1.82) is 0 Å². The third-order valence-electron chi connectivity index (χ3n) is 11.0. The molecule has 1 aliphatic carbocycles. The lowest BCUT2D eigenvalue weighted by molar-refractivity contribution is 0.586. The molecule has 0 radical (unpaired) electrons. The zero-order valence-electron chi connectivity index (χ0n) is 31.0. The number of aryl methyl sites for hydroxylation is 2. The van der Waals surface area contributed by atoms with E-state index in [0.29, 0.717) is 0 Å². The molecule has 52 heavy (non-hydrogen) atoms. The van der Waals surface area contributed by atoms with Crippen LogP contribution in [0.25, 0.3) is 16.7 Å². The molecule has 0 heterocycles. The maximum absolute atomic E-state index is 2.61. The van der Waals surface area contributed by atoms with Crippen molar-refractivity contribution in [3.05, 3.63) is 220 Å². The third-order valence-corrected chi connectivity index (χ3v) is 11.0. The Morgan fingerprint density at radius 3 is 1.42 bits per heavy atom. The molecule has 0 amide bonds. The van der Waals surface area contributed by atoms with Crippen LogP contribution in [0.2, 0.25) is 0 Å². The van der Waals surface area contributed by atoms with Crippen molar-refractivity contribution in [2.45, 2.75) is 76.5 Å². The Hall–Kier alpha value is -5.20. The summed E-state index contributed by atoms with van der Waals surface area (Å²) in [7, 11) is 0. The molecule has 0 spiro atoms. The quantitative estimate of drug-likeness (QED) is 0.101. The van der Waals surface area contributed by atoms with E-state index in [-0.39, 0.29) is 5.92 Å². The van der Waals surface area contributed by atoms with Crippen LogP contribution in [0.15, 0.2) is 176 Å². The smallest absolute Gasteiger partial charge is 0.0566 e. The van der Waals surface area contributed by atoms with Crippen molar-refractivity contribution in [2.24, 2.45) is 0 Å². The summed E-state index contributed by atoms with van der Waals surface area (Å²) in [6.45, 7) is 4.56. The lowest BCUT2D eigenvalue weighted by Crippen LogP contribution is -2.38. The van der Waals surface area contributed by atoms with Gasteiger partial charge in [-0.1, -0.05) is 215 Å². The first-order valence-corrected chi connectivity index (χ1v) is 19.6. The van der Waals surface area contributed by atoms with Gasteiger partial charge in [0, 0.05) is 5.92 Å². The normalized spacial score (nSPS) is 17.2. The number of unbranched alkanes of at least 4 members (excludes halogenated alkanes) is 4. The van der Waals surface area contributed by atoms with E-state index in [2.05, 4.69) is 190 Å². The molecule has 1 aliphatic rings. The molecule has 0 heteroatoms. The van der Waals surface area contributed by atoms with Crippen LogP contribution in [-0.2, 0) is 18.3 Å². The van der Waals surface area contributed by atoms with E-state index in [0.717, 1.165) is 12.8 Å². The van der Waals surface area contributed by atoms with Gasteiger partial charge in [-0.25, -0.2) is 0 Å². The average Bonchev–Trinajstić information content (AvgIpc) is 3.22.